The van der Waals surface area contributed by atoms with Crippen LogP contribution in [-0.2, 0) is 24.7 Å². The summed E-state index contributed by atoms with van der Waals surface area (Å²) in [4.78, 5) is 28.2. The van der Waals surface area contributed by atoms with Crippen molar-refractivity contribution in [3.8, 4) is 0 Å². The van der Waals surface area contributed by atoms with Gasteiger partial charge in [-0.3, -0.25) is 14.3 Å². The molecule has 14 heteroatoms. The number of fused-ring (bicyclic) bond motifs is 2. The number of amides is 1. The number of hydrogen-bond acceptors (Lipinski definition) is 9. The Morgan fingerprint density at radius 2 is 1.90 bits per heavy atom. The van der Waals surface area contributed by atoms with Crippen molar-refractivity contribution in [3.05, 3.63) is 70.3 Å². The number of aryl methyl sites for hydroxylation is 2. The SMILES string of the molecule is Cc1noc(C)c1S(=O)(=O)Nc1ccc2c(c1)S(=O)(=O)C=C(C1C(=O)c3cc(F)ccc3N(CCC3CC3)C1=O)N2. The Labute approximate surface area is 235 Å². The molecule has 0 saturated heterocycles. The van der Waals surface area contributed by atoms with Gasteiger partial charge in [-0.25, -0.2) is 21.2 Å². The lowest BCUT2D eigenvalue weighted by atomic mass is 9.87. The van der Waals surface area contributed by atoms with E-state index in [9.17, 15) is 30.8 Å². The molecule has 1 saturated carbocycles. The maximum atomic E-state index is 14.2. The molecule has 3 aliphatic rings. The fourth-order valence-corrected chi connectivity index (χ4v) is 8.01. The standard InChI is InChI=1S/C27H25FN4O7S2/c1-14-26(15(2)39-30-14)41(37,38)31-18-6-7-20-23(12-18)40(35,36)13-21(29-20)24-25(33)19-11-17(28)5-8-22(19)32(27(24)34)10-9-16-3-4-16/h5-8,11-13,16,24,29,31H,3-4,9-10H2,1-2H3. The van der Waals surface area contributed by atoms with Crippen LogP contribution in [0.15, 0.2) is 61.8 Å². The van der Waals surface area contributed by atoms with Crippen molar-refractivity contribution in [2.24, 2.45) is 11.8 Å². The molecule has 11 nitrogen and oxygen atoms in total. The minimum atomic E-state index is -4.24. The molecule has 3 aromatic rings. The summed E-state index contributed by atoms with van der Waals surface area (Å²) in [7, 11) is -8.39. The van der Waals surface area contributed by atoms with Crippen molar-refractivity contribution in [1.29, 1.82) is 0 Å². The molecule has 0 radical (unpaired) electrons. The van der Waals surface area contributed by atoms with Gasteiger partial charge in [0.1, 0.15) is 17.4 Å². The second kappa shape index (κ2) is 9.52. The molecule has 3 heterocycles. The molecule has 1 fully saturated rings. The molecule has 2 N–H and O–H groups in total. The van der Waals surface area contributed by atoms with Crippen molar-refractivity contribution in [2.75, 3.05) is 21.5 Å². The summed E-state index contributed by atoms with van der Waals surface area (Å²) in [5.74, 6) is -2.94. The first kappa shape index (κ1) is 27.1. The maximum Gasteiger partial charge on any atom is 0.267 e. The van der Waals surface area contributed by atoms with Gasteiger partial charge in [0, 0.05) is 17.8 Å². The molecule has 1 amide bonds. The Hall–Kier alpha value is -4.04. The van der Waals surface area contributed by atoms with E-state index < -0.39 is 43.3 Å². The van der Waals surface area contributed by atoms with Crippen molar-refractivity contribution in [1.82, 2.24) is 5.16 Å². The predicted octanol–water partition coefficient (Wildman–Crippen LogP) is 3.92. The molecule has 1 atom stereocenters. The molecular formula is C27H25FN4O7S2. The predicted molar refractivity (Wildman–Crippen MR) is 146 cm³/mol. The first-order valence-electron chi connectivity index (χ1n) is 12.8. The van der Waals surface area contributed by atoms with Gasteiger partial charge in [-0.05, 0) is 62.6 Å². The smallest absolute Gasteiger partial charge is 0.267 e. The lowest BCUT2D eigenvalue weighted by Crippen LogP contribution is -2.47. The fourth-order valence-electron chi connectivity index (χ4n) is 5.25. The number of carbonyl (C=O) groups excluding carboxylic acids is 2. The van der Waals surface area contributed by atoms with E-state index in [2.05, 4.69) is 15.2 Å². The molecular weight excluding hydrogens is 575 g/mol. The molecule has 0 bridgehead atoms. The van der Waals surface area contributed by atoms with Crippen LogP contribution in [0.1, 0.15) is 41.1 Å². The number of benzene rings is 2. The van der Waals surface area contributed by atoms with Crippen LogP contribution < -0.4 is 14.9 Å². The number of hydrogen-bond donors (Lipinski definition) is 2. The van der Waals surface area contributed by atoms with Gasteiger partial charge in [0.2, 0.25) is 15.7 Å². The van der Waals surface area contributed by atoms with Crippen molar-refractivity contribution < 1.29 is 35.3 Å². The average molecular weight is 601 g/mol. The number of halogens is 1. The van der Waals surface area contributed by atoms with Gasteiger partial charge in [-0.15, -0.1) is 0 Å². The van der Waals surface area contributed by atoms with E-state index in [-0.39, 0.29) is 43.9 Å². The number of sulfone groups is 1. The van der Waals surface area contributed by atoms with E-state index >= 15 is 0 Å². The van der Waals surface area contributed by atoms with Crippen molar-refractivity contribution >= 4 is 48.6 Å². The summed E-state index contributed by atoms with van der Waals surface area (Å²) >= 11 is 0. The largest absolute Gasteiger partial charge is 0.360 e. The highest BCUT2D eigenvalue weighted by Gasteiger charge is 2.44. The summed E-state index contributed by atoms with van der Waals surface area (Å²) in [6, 6.07) is 7.45. The Bertz CT molecular complexity index is 1860. The lowest BCUT2D eigenvalue weighted by molar-refractivity contribution is -0.120. The molecule has 1 aliphatic carbocycles. The number of aromatic nitrogens is 1. The molecule has 1 unspecified atom stereocenters. The van der Waals surface area contributed by atoms with E-state index in [1.807, 2.05) is 0 Å². The number of rotatable bonds is 7. The number of Topliss-reactive ketones (excluding diaryl/α,β-unsaturated/α-hetero) is 1. The quantitative estimate of drug-likeness (QED) is 0.384. The number of nitrogens with one attached hydrogen (secondary N) is 2. The molecule has 214 valence electrons. The van der Waals surface area contributed by atoms with Gasteiger partial charge in [-0.2, -0.15) is 0 Å². The third kappa shape index (κ3) is 4.80. The van der Waals surface area contributed by atoms with Gasteiger partial charge in [-0.1, -0.05) is 18.0 Å². The molecule has 2 aliphatic heterocycles. The summed E-state index contributed by atoms with van der Waals surface area (Å²) in [6.45, 7) is 3.22. The molecule has 2 aromatic carbocycles. The number of sulfonamides is 1. The van der Waals surface area contributed by atoms with Crippen LogP contribution in [0, 0.1) is 31.5 Å². The van der Waals surface area contributed by atoms with Gasteiger partial charge >= 0.3 is 0 Å². The van der Waals surface area contributed by atoms with Gasteiger partial charge in [0.05, 0.1) is 27.4 Å². The summed E-state index contributed by atoms with van der Waals surface area (Å²) < 4.78 is 74.0. The Balaban J connectivity index is 1.34. The Morgan fingerprint density at radius 3 is 2.59 bits per heavy atom. The third-order valence-corrected chi connectivity index (χ3v) is 10.5. The fraction of sp³-hybridized carbons (Fsp3) is 0.296. The van der Waals surface area contributed by atoms with Crippen LogP contribution in [0.5, 0.6) is 0 Å². The molecule has 0 spiro atoms. The number of anilines is 3. The van der Waals surface area contributed by atoms with Gasteiger partial charge < -0.3 is 14.7 Å². The second-order valence-corrected chi connectivity index (χ2v) is 13.8. The summed E-state index contributed by atoms with van der Waals surface area (Å²) in [6.07, 6.45) is 2.82. The van der Waals surface area contributed by atoms with Crippen LogP contribution in [-0.4, -0.2) is 40.2 Å². The van der Waals surface area contributed by atoms with Crippen molar-refractivity contribution in [2.45, 2.75) is 42.9 Å². The monoisotopic (exact) mass is 600 g/mol. The molecule has 41 heavy (non-hydrogen) atoms. The van der Waals surface area contributed by atoms with E-state index in [0.29, 0.717) is 24.6 Å². The van der Waals surface area contributed by atoms with E-state index in [1.54, 1.807) is 0 Å². The minimum absolute atomic E-state index is 0.000342. The van der Waals surface area contributed by atoms with Crippen LogP contribution in [0.2, 0.25) is 0 Å². The van der Waals surface area contributed by atoms with Crippen molar-refractivity contribution in [3.63, 3.8) is 0 Å². The first-order chi connectivity index (χ1) is 19.4. The van der Waals surface area contributed by atoms with Gasteiger partial charge in [0.25, 0.3) is 10.0 Å². The number of ketones is 1. The topological polar surface area (TPSA) is 156 Å². The van der Waals surface area contributed by atoms with E-state index in [1.165, 1.54) is 43.0 Å². The lowest BCUT2D eigenvalue weighted by Gasteiger charge is -2.35. The zero-order chi connectivity index (χ0) is 29.3. The van der Waals surface area contributed by atoms with Crippen LogP contribution in [0.3, 0.4) is 0 Å². The van der Waals surface area contributed by atoms with Crippen LogP contribution >= 0.6 is 0 Å². The summed E-state index contributed by atoms with van der Waals surface area (Å²) in [5.41, 5.74) is 0.296. The minimum Gasteiger partial charge on any atom is -0.360 e. The number of nitrogens with zero attached hydrogens (tertiary/aromatic N) is 2. The first-order valence-corrected chi connectivity index (χ1v) is 15.9. The van der Waals surface area contributed by atoms with Crippen LogP contribution in [0.4, 0.5) is 21.5 Å². The normalized spacial score (nSPS) is 19.7. The zero-order valence-corrected chi connectivity index (χ0v) is 23.6. The van der Waals surface area contributed by atoms with Gasteiger partial charge in [0.15, 0.2) is 16.4 Å². The molecule has 6 rings (SSSR count). The second-order valence-electron chi connectivity index (χ2n) is 10.4. The van der Waals surface area contributed by atoms with Crippen LogP contribution in [0.25, 0.3) is 0 Å². The average Bonchev–Trinajstić information content (AvgIpc) is 3.65. The highest BCUT2D eigenvalue weighted by Crippen LogP contribution is 2.41. The zero-order valence-electron chi connectivity index (χ0n) is 22.0. The highest BCUT2D eigenvalue weighted by atomic mass is 32.2. The Morgan fingerprint density at radius 1 is 1.15 bits per heavy atom. The van der Waals surface area contributed by atoms with E-state index in [0.717, 1.165) is 30.4 Å². The van der Waals surface area contributed by atoms with E-state index in [4.69, 9.17) is 4.52 Å². The maximum absolute atomic E-state index is 14.2. The Kier molecular flexibility index (Phi) is 6.30. The highest BCUT2D eigenvalue weighted by molar-refractivity contribution is 7.94. The molecule has 1 aromatic heterocycles. The third-order valence-electron chi connectivity index (χ3n) is 7.40. The number of carbonyl (C=O) groups is 2. The summed E-state index contributed by atoms with van der Waals surface area (Å²) in [5, 5.41) is 7.32.